The Kier molecular flexibility index (Phi) is 17.9. The van der Waals surface area contributed by atoms with Crippen molar-refractivity contribution in [1.82, 2.24) is 25.3 Å². The van der Waals surface area contributed by atoms with E-state index in [0.29, 0.717) is 19.5 Å². The maximum Gasteiger partial charge on any atom is 0.328 e. The first-order valence-electron chi connectivity index (χ1n) is 19.8. The second kappa shape index (κ2) is 21.5. The zero-order valence-electron chi connectivity index (χ0n) is 34.2. The first-order valence-corrected chi connectivity index (χ1v) is 19.8. The molecule has 3 rings (SSSR count). The van der Waals surface area contributed by atoms with Crippen molar-refractivity contribution in [3.8, 4) is 0 Å². The first-order chi connectivity index (χ1) is 25.8. The Labute approximate surface area is 323 Å². The van der Waals surface area contributed by atoms with Crippen molar-refractivity contribution < 1.29 is 38.2 Å². The molecule has 13 nitrogen and oxygen atoms in total. The summed E-state index contributed by atoms with van der Waals surface area (Å²) in [6.45, 7) is 11.5. The van der Waals surface area contributed by atoms with Gasteiger partial charge in [-0.1, -0.05) is 70.9 Å². The molecule has 0 saturated carbocycles. The SMILES string of the molecule is CCCCN(C(=O)CNC(=O)[C@]1(C)CCCN1C)[C@@H]([C@@H](C)CC)[C@@H](CC(=O)N1CCC[C@H]1[C@H](OC)[C@@H](C)C(=O)N[C@@H](Cc1ccccc1)C(=O)OC)OC. The van der Waals surface area contributed by atoms with E-state index in [1.165, 1.54) is 14.2 Å². The minimum atomic E-state index is -0.884. The van der Waals surface area contributed by atoms with Crippen molar-refractivity contribution in [2.45, 2.75) is 128 Å². The Morgan fingerprint density at radius 2 is 1.70 bits per heavy atom. The first kappa shape index (κ1) is 44.8. The lowest BCUT2D eigenvalue weighted by Crippen LogP contribution is -2.57. The van der Waals surface area contributed by atoms with Crippen LogP contribution >= 0.6 is 0 Å². The van der Waals surface area contributed by atoms with E-state index in [4.69, 9.17) is 14.2 Å². The molecule has 1 aromatic carbocycles. The molecule has 2 N–H and O–H groups in total. The average molecular weight is 758 g/mol. The minimum Gasteiger partial charge on any atom is -0.467 e. The number of carbonyl (C=O) groups is 5. The number of hydrogen-bond acceptors (Lipinski definition) is 9. The van der Waals surface area contributed by atoms with Crippen molar-refractivity contribution in [2.24, 2.45) is 11.8 Å². The van der Waals surface area contributed by atoms with Crippen LogP contribution in [0.2, 0.25) is 0 Å². The summed E-state index contributed by atoms with van der Waals surface area (Å²) in [7, 11) is 6.34. The van der Waals surface area contributed by atoms with Gasteiger partial charge in [0.2, 0.25) is 23.6 Å². The van der Waals surface area contributed by atoms with Crippen molar-refractivity contribution in [3.05, 3.63) is 35.9 Å². The molecule has 0 unspecified atom stereocenters. The molecule has 304 valence electrons. The summed E-state index contributed by atoms with van der Waals surface area (Å²) in [6, 6.07) is 7.73. The molecule has 2 aliphatic heterocycles. The van der Waals surface area contributed by atoms with Gasteiger partial charge in [0.1, 0.15) is 6.04 Å². The second-order valence-electron chi connectivity index (χ2n) is 15.3. The van der Waals surface area contributed by atoms with E-state index < -0.39 is 41.7 Å². The van der Waals surface area contributed by atoms with Gasteiger partial charge in [-0.05, 0) is 64.1 Å². The van der Waals surface area contributed by atoms with Gasteiger partial charge < -0.3 is 34.6 Å². The topological polar surface area (TPSA) is 147 Å². The number of nitrogens with one attached hydrogen (secondary N) is 2. The zero-order valence-corrected chi connectivity index (χ0v) is 34.2. The molecule has 2 aliphatic rings. The number of hydrogen-bond donors (Lipinski definition) is 2. The fourth-order valence-corrected chi connectivity index (χ4v) is 8.13. The maximum atomic E-state index is 14.3. The summed E-state index contributed by atoms with van der Waals surface area (Å²) in [5.74, 6) is -2.10. The predicted molar refractivity (Wildman–Crippen MR) is 207 cm³/mol. The van der Waals surface area contributed by atoms with E-state index in [1.54, 1.807) is 18.9 Å². The molecule has 13 heteroatoms. The van der Waals surface area contributed by atoms with Gasteiger partial charge in [0.05, 0.1) is 55.8 Å². The van der Waals surface area contributed by atoms with Gasteiger partial charge in [0, 0.05) is 33.7 Å². The molecule has 0 spiro atoms. The highest BCUT2D eigenvalue weighted by Gasteiger charge is 2.44. The number of carbonyl (C=O) groups excluding carboxylic acids is 5. The fraction of sp³-hybridized carbons (Fsp3) is 0.732. The van der Waals surface area contributed by atoms with E-state index in [9.17, 15) is 24.0 Å². The summed E-state index contributed by atoms with van der Waals surface area (Å²) < 4.78 is 17.0. The molecular weight excluding hydrogens is 690 g/mol. The smallest absolute Gasteiger partial charge is 0.328 e. The fourth-order valence-electron chi connectivity index (χ4n) is 8.13. The highest BCUT2D eigenvalue weighted by Crippen LogP contribution is 2.30. The van der Waals surface area contributed by atoms with Crippen molar-refractivity contribution in [2.75, 3.05) is 54.6 Å². The highest BCUT2D eigenvalue weighted by molar-refractivity contribution is 5.90. The zero-order chi connectivity index (χ0) is 40.0. The maximum absolute atomic E-state index is 14.3. The van der Waals surface area contributed by atoms with Gasteiger partial charge in [-0.25, -0.2) is 4.79 Å². The van der Waals surface area contributed by atoms with E-state index in [2.05, 4.69) is 31.4 Å². The van der Waals surface area contributed by atoms with Gasteiger partial charge in [-0.3, -0.25) is 24.1 Å². The number of rotatable bonds is 21. The van der Waals surface area contributed by atoms with Crippen LogP contribution < -0.4 is 10.6 Å². The molecule has 0 aromatic heterocycles. The van der Waals surface area contributed by atoms with Gasteiger partial charge in [0.15, 0.2) is 0 Å². The van der Waals surface area contributed by atoms with Crippen LogP contribution in [0.3, 0.4) is 0 Å². The van der Waals surface area contributed by atoms with Gasteiger partial charge in [0.25, 0.3) is 0 Å². The molecule has 2 heterocycles. The van der Waals surface area contributed by atoms with Crippen molar-refractivity contribution in [1.29, 1.82) is 0 Å². The van der Waals surface area contributed by atoms with Crippen LogP contribution in [0.25, 0.3) is 0 Å². The monoisotopic (exact) mass is 757 g/mol. The molecule has 0 radical (unpaired) electrons. The van der Waals surface area contributed by atoms with Crippen LogP contribution in [0.1, 0.15) is 91.5 Å². The Morgan fingerprint density at radius 3 is 2.28 bits per heavy atom. The highest BCUT2D eigenvalue weighted by atomic mass is 16.5. The molecule has 4 amide bonds. The summed E-state index contributed by atoms with van der Waals surface area (Å²) in [4.78, 5) is 73.5. The van der Waals surface area contributed by atoms with Gasteiger partial charge >= 0.3 is 5.97 Å². The average Bonchev–Trinajstić information content (AvgIpc) is 3.80. The van der Waals surface area contributed by atoms with Gasteiger partial charge in [-0.2, -0.15) is 0 Å². The van der Waals surface area contributed by atoms with Crippen LogP contribution in [0.5, 0.6) is 0 Å². The number of nitrogens with zero attached hydrogens (tertiary/aromatic N) is 3. The molecule has 2 saturated heterocycles. The van der Waals surface area contributed by atoms with Crippen LogP contribution in [-0.4, -0.2) is 135 Å². The molecule has 0 bridgehead atoms. The molecule has 8 atom stereocenters. The Balaban J connectivity index is 1.77. The molecular formula is C41H67N5O8. The van der Waals surface area contributed by atoms with E-state index >= 15 is 0 Å². The molecule has 54 heavy (non-hydrogen) atoms. The lowest BCUT2D eigenvalue weighted by molar-refractivity contribution is -0.148. The minimum absolute atomic E-state index is 0.00111. The molecule has 0 aliphatic carbocycles. The Morgan fingerprint density at radius 1 is 1.00 bits per heavy atom. The Hall–Kier alpha value is -3.55. The summed E-state index contributed by atoms with van der Waals surface area (Å²) in [5.41, 5.74) is 0.230. The number of ether oxygens (including phenoxy) is 3. The predicted octanol–water partition coefficient (Wildman–Crippen LogP) is 3.58. The van der Waals surface area contributed by atoms with Crippen LogP contribution in [0.15, 0.2) is 30.3 Å². The number of benzene rings is 1. The van der Waals surface area contributed by atoms with E-state index in [0.717, 1.165) is 50.6 Å². The molecule has 1 aromatic rings. The number of amides is 4. The lowest BCUT2D eigenvalue weighted by Gasteiger charge is -2.41. The third-order valence-electron chi connectivity index (χ3n) is 11.9. The molecule has 2 fully saturated rings. The number of likely N-dealkylation sites (N-methyl/N-ethyl adjacent to an activating group) is 1. The summed E-state index contributed by atoms with van der Waals surface area (Å²) in [6.07, 6.45) is 4.51. The second-order valence-corrected chi connectivity index (χ2v) is 15.3. The van der Waals surface area contributed by atoms with Gasteiger partial charge in [-0.15, -0.1) is 0 Å². The number of likely N-dealkylation sites (tertiary alicyclic amines) is 2. The van der Waals surface area contributed by atoms with Crippen molar-refractivity contribution >= 4 is 29.6 Å². The Bertz CT molecular complexity index is 1380. The van der Waals surface area contributed by atoms with E-state index in [-0.39, 0.29) is 55.0 Å². The van der Waals surface area contributed by atoms with E-state index in [1.807, 2.05) is 54.1 Å². The summed E-state index contributed by atoms with van der Waals surface area (Å²) in [5, 5.41) is 5.79. The number of esters is 1. The van der Waals surface area contributed by atoms with Crippen LogP contribution in [0, 0.1) is 11.8 Å². The normalized spacial score (nSPS) is 22.1. The lowest BCUT2D eigenvalue weighted by atomic mass is 9.89. The number of methoxy groups -OCH3 is 3. The number of unbranched alkanes of at least 4 members (excludes halogenated alkanes) is 1. The standard InChI is InChI=1S/C41H67N5O8/c1-10-12-23-46(35(48)27-42-40(51)41(5)21-17-22-44(41)6)36(28(3)11-2)33(52-7)26-34(47)45-24-16-20-32(45)37(53-8)29(4)38(49)43-31(39(50)54-9)25-30-18-14-13-15-19-30/h13-15,18-19,28-29,31-33,36-37H,10-12,16-17,20-27H2,1-9H3,(H,42,51)(H,43,49)/t28-,29+,31-,32-,33+,36-,37+,41-/m0/s1. The summed E-state index contributed by atoms with van der Waals surface area (Å²) >= 11 is 0. The third kappa shape index (κ3) is 11.3. The van der Waals surface area contributed by atoms with Crippen LogP contribution in [-0.2, 0) is 44.6 Å². The largest absolute Gasteiger partial charge is 0.467 e. The van der Waals surface area contributed by atoms with Crippen LogP contribution in [0.4, 0.5) is 0 Å². The van der Waals surface area contributed by atoms with Crippen molar-refractivity contribution in [3.63, 3.8) is 0 Å². The quantitative estimate of drug-likeness (QED) is 0.180. The third-order valence-corrected chi connectivity index (χ3v) is 11.9.